The number of rotatable bonds is 6. The summed E-state index contributed by atoms with van der Waals surface area (Å²) in [6, 6.07) is 8.43. The number of nitrogens with one attached hydrogen (secondary N) is 1. The molecule has 1 aliphatic heterocycles. The Hall–Kier alpha value is -4.65. The lowest BCUT2D eigenvalue weighted by Gasteiger charge is -2.37. The first-order valence-corrected chi connectivity index (χ1v) is 11.8. The topological polar surface area (TPSA) is 107 Å². The van der Waals surface area contributed by atoms with E-state index >= 15 is 0 Å². The first-order valence-electron chi connectivity index (χ1n) is 11.8. The smallest absolute Gasteiger partial charge is 0.247 e. The zero-order valence-corrected chi connectivity index (χ0v) is 20.3. The maximum atomic E-state index is 11.5. The highest BCUT2D eigenvalue weighted by Crippen LogP contribution is 2.32. The van der Waals surface area contributed by atoms with E-state index in [2.05, 4.69) is 62.9 Å². The average Bonchev–Trinajstić information content (AvgIpc) is 3.56. The Kier molecular flexibility index (Phi) is 6.12. The van der Waals surface area contributed by atoms with Crippen molar-refractivity contribution in [3.63, 3.8) is 0 Å². The van der Waals surface area contributed by atoms with E-state index in [0.717, 1.165) is 54.3 Å². The van der Waals surface area contributed by atoms with Crippen molar-refractivity contribution < 1.29 is 4.79 Å². The van der Waals surface area contributed by atoms with Crippen molar-refractivity contribution in [1.29, 1.82) is 5.26 Å². The Morgan fingerprint density at radius 3 is 2.50 bits per heavy atom. The Labute approximate surface area is 209 Å². The molecule has 0 atom stereocenters. The summed E-state index contributed by atoms with van der Waals surface area (Å²) in [6.07, 6.45) is 10.4. The summed E-state index contributed by atoms with van der Waals surface area (Å²) in [5.74, 6) is 0.591. The van der Waals surface area contributed by atoms with Crippen molar-refractivity contribution in [2.24, 2.45) is 0 Å². The highest BCUT2D eigenvalue weighted by molar-refractivity contribution is 5.98. The van der Waals surface area contributed by atoms with Gasteiger partial charge in [0.05, 0.1) is 35.5 Å². The molecule has 0 spiro atoms. The van der Waals surface area contributed by atoms with Crippen LogP contribution >= 0.6 is 0 Å². The molecular weight excluding hydrogens is 454 g/mol. The molecule has 4 aromatic heterocycles. The quantitative estimate of drug-likeness (QED) is 0.420. The summed E-state index contributed by atoms with van der Waals surface area (Å²) in [4.78, 5) is 20.5. The number of nitriles is 1. The molecule has 10 nitrogen and oxygen atoms in total. The number of fused-ring (bicyclic) bond motifs is 1. The van der Waals surface area contributed by atoms with E-state index in [1.165, 1.54) is 6.08 Å². The van der Waals surface area contributed by atoms with E-state index in [0.29, 0.717) is 11.3 Å². The predicted molar refractivity (Wildman–Crippen MR) is 139 cm³/mol. The molecule has 1 fully saturated rings. The molecule has 5 rings (SSSR count). The van der Waals surface area contributed by atoms with E-state index in [4.69, 9.17) is 0 Å². The second-order valence-electron chi connectivity index (χ2n) is 8.95. The predicted octanol–water partition coefficient (Wildman–Crippen LogP) is 3.50. The summed E-state index contributed by atoms with van der Waals surface area (Å²) in [5, 5.41) is 21.4. The van der Waals surface area contributed by atoms with Crippen molar-refractivity contribution in [3.8, 4) is 17.2 Å². The van der Waals surface area contributed by atoms with Crippen molar-refractivity contribution in [2.45, 2.75) is 19.9 Å². The summed E-state index contributed by atoms with van der Waals surface area (Å²) >= 11 is 0. The van der Waals surface area contributed by atoms with Crippen molar-refractivity contribution >= 4 is 28.6 Å². The zero-order chi connectivity index (χ0) is 25.2. The van der Waals surface area contributed by atoms with Crippen LogP contribution in [0.5, 0.6) is 0 Å². The van der Waals surface area contributed by atoms with Gasteiger partial charge in [0.1, 0.15) is 17.4 Å². The molecule has 5 heterocycles. The van der Waals surface area contributed by atoms with Crippen molar-refractivity contribution in [3.05, 3.63) is 67.4 Å². The number of carbonyl (C=O) groups is 1. The van der Waals surface area contributed by atoms with Crippen LogP contribution < -0.4 is 15.1 Å². The van der Waals surface area contributed by atoms with Gasteiger partial charge in [0.25, 0.3) is 0 Å². The molecule has 1 N–H and O–H groups in total. The lowest BCUT2D eigenvalue weighted by Crippen LogP contribution is -2.47. The largest absolute Gasteiger partial charge is 0.366 e. The van der Waals surface area contributed by atoms with Crippen LogP contribution in [0.1, 0.15) is 25.5 Å². The number of piperazine rings is 1. The fourth-order valence-corrected chi connectivity index (χ4v) is 4.37. The zero-order valence-electron chi connectivity index (χ0n) is 20.3. The van der Waals surface area contributed by atoms with Gasteiger partial charge >= 0.3 is 0 Å². The molecule has 1 amide bonds. The Bertz CT molecular complexity index is 1450. The third-order valence-electron chi connectivity index (χ3n) is 6.32. The first kappa shape index (κ1) is 23.1. The minimum atomic E-state index is -0.264. The number of anilines is 3. The highest BCUT2D eigenvalue weighted by atomic mass is 16.1. The third kappa shape index (κ3) is 4.38. The molecule has 0 aromatic carbocycles. The van der Waals surface area contributed by atoms with Crippen LogP contribution in [0, 0.1) is 11.3 Å². The summed E-state index contributed by atoms with van der Waals surface area (Å²) in [5.41, 5.74) is 4.98. The molecular formula is C26H27N9O. The minimum Gasteiger partial charge on any atom is -0.366 e. The number of pyridine rings is 2. The number of nitrogens with zero attached hydrogens (tertiary/aromatic N) is 8. The molecule has 36 heavy (non-hydrogen) atoms. The fourth-order valence-electron chi connectivity index (χ4n) is 4.37. The summed E-state index contributed by atoms with van der Waals surface area (Å²) in [7, 11) is 0. The highest BCUT2D eigenvalue weighted by Gasteiger charge is 2.23. The first-order chi connectivity index (χ1) is 17.5. The van der Waals surface area contributed by atoms with Crippen LogP contribution in [0.3, 0.4) is 0 Å². The second-order valence-corrected chi connectivity index (χ2v) is 8.95. The Morgan fingerprint density at radius 1 is 1.08 bits per heavy atom. The van der Waals surface area contributed by atoms with Gasteiger partial charge in [-0.1, -0.05) is 6.58 Å². The molecule has 182 valence electrons. The van der Waals surface area contributed by atoms with E-state index in [9.17, 15) is 10.1 Å². The molecule has 1 saturated heterocycles. The van der Waals surface area contributed by atoms with E-state index < -0.39 is 0 Å². The minimum absolute atomic E-state index is 0.264. The Morgan fingerprint density at radius 2 is 1.86 bits per heavy atom. The van der Waals surface area contributed by atoms with E-state index in [1.54, 1.807) is 16.9 Å². The van der Waals surface area contributed by atoms with Gasteiger partial charge in [-0.3, -0.25) is 9.48 Å². The van der Waals surface area contributed by atoms with E-state index in [1.807, 2.05) is 35.4 Å². The number of hydrogen-bond acceptors (Lipinski definition) is 7. The molecule has 0 radical (unpaired) electrons. The van der Waals surface area contributed by atoms with Crippen molar-refractivity contribution in [1.82, 2.24) is 24.4 Å². The van der Waals surface area contributed by atoms with Gasteiger partial charge in [0.15, 0.2) is 0 Å². The third-order valence-corrected chi connectivity index (χ3v) is 6.32. The van der Waals surface area contributed by atoms with Crippen LogP contribution in [-0.2, 0) is 4.79 Å². The van der Waals surface area contributed by atoms with Crippen LogP contribution in [0.2, 0.25) is 0 Å². The standard InChI is InChI=1S/C26H27N9O/c1-4-25(36)31-22-5-6-24(28-15-22)33-9-7-32(8-10-33)23-11-19(21-14-29-34(17-21)18(2)3)16-35-26(23)20(12-27)13-30-35/h4-6,11,13-18H,1,7-10H2,2-3H3,(H,31,36). The molecule has 0 unspecified atom stereocenters. The molecule has 10 heteroatoms. The maximum Gasteiger partial charge on any atom is 0.247 e. The van der Waals surface area contributed by atoms with Gasteiger partial charge in [-0.2, -0.15) is 15.5 Å². The van der Waals surface area contributed by atoms with Gasteiger partial charge < -0.3 is 15.1 Å². The van der Waals surface area contributed by atoms with Gasteiger partial charge in [-0.15, -0.1) is 0 Å². The van der Waals surface area contributed by atoms with E-state index in [-0.39, 0.29) is 11.9 Å². The normalized spacial score (nSPS) is 13.7. The lowest BCUT2D eigenvalue weighted by molar-refractivity contribution is -0.111. The monoisotopic (exact) mass is 481 g/mol. The second kappa shape index (κ2) is 9.54. The van der Waals surface area contributed by atoms with Gasteiger partial charge in [0.2, 0.25) is 5.91 Å². The average molecular weight is 482 g/mol. The number of hydrogen-bond donors (Lipinski definition) is 1. The summed E-state index contributed by atoms with van der Waals surface area (Å²) in [6.45, 7) is 10.7. The van der Waals surface area contributed by atoms with Gasteiger partial charge in [-0.25, -0.2) is 9.50 Å². The number of aromatic nitrogens is 5. The van der Waals surface area contributed by atoms with Gasteiger partial charge in [-0.05, 0) is 38.1 Å². The number of amides is 1. The van der Waals surface area contributed by atoms with Crippen molar-refractivity contribution in [2.75, 3.05) is 41.3 Å². The molecule has 1 aliphatic rings. The van der Waals surface area contributed by atoms with Crippen LogP contribution in [0.15, 0.2) is 61.8 Å². The molecule has 0 bridgehead atoms. The number of carbonyl (C=O) groups excluding carboxylic acids is 1. The van der Waals surface area contributed by atoms with Crippen LogP contribution in [0.4, 0.5) is 17.2 Å². The van der Waals surface area contributed by atoms with Gasteiger partial charge in [0, 0.05) is 55.7 Å². The molecule has 0 saturated carbocycles. The SMILES string of the molecule is C=CC(=O)Nc1ccc(N2CCN(c3cc(-c4cnn(C(C)C)c4)cn4ncc(C#N)c34)CC2)nc1. The fraction of sp³-hybridized carbons (Fsp3) is 0.269. The molecule has 4 aromatic rings. The lowest BCUT2D eigenvalue weighted by atomic mass is 10.1. The Balaban J connectivity index is 1.39. The van der Waals surface area contributed by atoms with Crippen LogP contribution in [0.25, 0.3) is 16.6 Å². The molecule has 0 aliphatic carbocycles. The van der Waals surface area contributed by atoms with Crippen LogP contribution in [-0.4, -0.2) is 56.5 Å². The maximum absolute atomic E-state index is 11.5. The summed E-state index contributed by atoms with van der Waals surface area (Å²) < 4.78 is 3.73.